The maximum Gasteiger partial charge on any atom is 0.0175 e. The fourth-order valence-corrected chi connectivity index (χ4v) is 3.20. The summed E-state index contributed by atoms with van der Waals surface area (Å²) in [6, 6.07) is 19.5. The molecular formula is C19H20BrClN-. The Morgan fingerprint density at radius 1 is 0.864 bits per heavy atom. The second kappa shape index (κ2) is 7.96. The van der Waals surface area contributed by atoms with Gasteiger partial charge in [0.15, 0.2) is 0 Å². The summed E-state index contributed by atoms with van der Waals surface area (Å²) < 4.78 is 1.13. The van der Waals surface area contributed by atoms with Gasteiger partial charge >= 0.3 is 0 Å². The minimum absolute atomic E-state index is 0. The largest absolute Gasteiger partial charge is 1.00 e. The molecule has 0 aliphatic carbocycles. The molecule has 0 amide bonds. The topological polar surface area (TPSA) is 3.24 Å². The lowest BCUT2D eigenvalue weighted by molar-refractivity contribution is -0.00000408. The van der Waals surface area contributed by atoms with E-state index in [1.54, 1.807) is 5.57 Å². The molecule has 1 saturated heterocycles. The van der Waals surface area contributed by atoms with Gasteiger partial charge in [0.1, 0.15) is 0 Å². The molecule has 0 saturated carbocycles. The quantitative estimate of drug-likeness (QED) is 0.773. The van der Waals surface area contributed by atoms with Crippen molar-refractivity contribution in [1.29, 1.82) is 0 Å². The lowest BCUT2D eigenvalue weighted by atomic mass is 9.88. The van der Waals surface area contributed by atoms with Crippen LogP contribution in [0.2, 0.25) is 0 Å². The highest BCUT2D eigenvalue weighted by Gasteiger charge is 2.16. The first kappa shape index (κ1) is 17.3. The zero-order valence-corrected chi connectivity index (χ0v) is 15.1. The van der Waals surface area contributed by atoms with E-state index >= 15 is 0 Å². The molecule has 2 aromatic carbocycles. The zero-order chi connectivity index (χ0) is 14.7. The van der Waals surface area contributed by atoms with Crippen LogP contribution in [0.15, 0.2) is 64.6 Å². The second-order valence-corrected chi connectivity index (χ2v) is 6.57. The van der Waals surface area contributed by atoms with Crippen LogP contribution in [0.5, 0.6) is 0 Å². The monoisotopic (exact) mass is 376 g/mol. The van der Waals surface area contributed by atoms with Crippen molar-refractivity contribution in [2.24, 2.45) is 0 Å². The highest BCUT2D eigenvalue weighted by Crippen LogP contribution is 2.32. The van der Waals surface area contributed by atoms with E-state index < -0.39 is 0 Å². The van der Waals surface area contributed by atoms with Gasteiger partial charge in [-0.1, -0.05) is 64.0 Å². The molecule has 1 nitrogen and oxygen atoms in total. The number of likely N-dealkylation sites (tertiary alicyclic amines) is 1. The standard InChI is InChI=1S/C19H20BrN.ClH/c1-21-13-11-17(12-14-21)19(15-5-3-2-4-6-15)16-7-9-18(20)10-8-16;/h2-10H,11-14H2,1H3;1H/p-1. The molecule has 116 valence electrons. The summed E-state index contributed by atoms with van der Waals surface area (Å²) >= 11 is 3.53. The van der Waals surface area contributed by atoms with Gasteiger partial charge in [0.05, 0.1) is 0 Å². The summed E-state index contributed by atoms with van der Waals surface area (Å²) in [4.78, 5) is 2.41. The van der Waals surface area contributed by atoms with Crippen LogP contribution in [-0.4, -0.2) is 25.0 Å². The number of benzene rings is 2. The fourth-order valence-electron chi connectivity index (χ4n) is 2.93. The van der Waals surface area contributed by atoms with Crippen LogP contribution in [0.25, 0.3) is 5.57 Å². The van der Waals surface area contributed by atoms with Crippen LogP contribution in [-0.2, 0) is 0 Å². The van der Waals surface area contributed by atoms with Crippen molar-refractivity contribution >= 4 is 21.5 Å². The van der Waals surface area contributed by atoms with Crippen LogP contribution in [0.4, 0.5) is 0 Å². The van der Waals surface area contributed by atoms with E-state index in [9.17, 15) is 0 Å². The molecule has 1 aliphatic rings. The van der Waals surface area contributed by atoms with E-state index in [2.05, 4.69) is 82.5 Å². The van der Waals surface area contributed by atoms with Gasteiger partial charge < -0.3 is 17.3 Å². The molecule has 0 spiro atoms. The van der Waals surface area contributed by atoms with Crippen LogP contribution >= 0.6 is 15.9 Å². The Bertz CT molecular complexity index is 624. The number of rotatable bonds is 2. The Hall–Kier alpha value is -1.09. The van der Waals surface area contributed by atoms with E-state index in [0.717, 1.165) is 30.4 Å². The molecule has 3 heteroatoms. The van der Waals surface area contributed by atoms with Crippen LogP contribution in [0.3, 0.4) is 0 Å². The highest BCUT2D eigenvalue weighted by molar-refractivity contribution is 9.10. The Labute approximate surface area is 147 Å². The zero-order valence-electron chi connectivity index (χ0n) is 12.7. The first-order valence-corrected chi connectivity index (χ1v) is 8.25. The molecule has 3 rings (SSSR count). The molecule has 0 atom stereocenters. The Morgan fingerprint density at radius 2 is 1.41 bits per heavy atom. The number of nitrogens with zero attached hydrogens (tertiary/aromatic N) is 1. The van der Waals surface area contributed by atoms with Gasteiger partial charge in [0, 0.05) is 17.6 Å². The predicted octanol–water partition coefficient (Wildman–Crippen LogP) is 1.98. The Balaban J connectivity index is 0.00000176. The third-order valence-corrected chi connectivity index (χ3v) is 4.67. The maximum atomic E-state index is 3.53. The highest BCUT2D eigenvalue weighted by atomic mass is 79.9. The molecule has 0 N–H and O–H groups in total. The molecule has 0 bridgehead atoms. The summed E-state index contributed by atoms with van der Waals surface area (Å²) in [5.41, 5.74) is 5.67. The summed E-state index contributed by atoms with van der Waals surface area (Å²) in [6.45, 7) is 2.31. The first-order chi connectivity index (χ1) is 10.2. The third kappa shape index (κ3) is 4.01. The normalized spacial score (nSPS) is 15.3. The van der Waals surface area contributed by atoms with Crippen LogP contribution in [0.1, 0.15) is 24.0 Å². The molecule has 1 aliphatic heterocycles. The van der Waals surface area contributed by atoms with Gasteiger partial charge in [-0.3, -0.25) is 0 Å². The van der Waals surface area contributed by atoms with Crippen molar-refractivity contribution < 1.29 is 12.4 Å². The molecule has 1 heterocycles. The molecule has 22 heavy (non-hydrogen) atoms. The molecular weight excluding hydrogens is 358 g/mol. The number of piperidine rings is 1. The van der Waals surface area contributed by atoms with Gasteiger partial charge in [0.2, 0.25) is 0 Å². The fraction of sp³-hybridized carbons (Fsp3) is 0.263. The summed E-state index contributed by atoms with van der Waals surface area (Å²) in [5, 5.41) is 0. The molecule has 0 radical (unpaired) electrons. The van der Waals surface area contributed by atoms with Gasteiger partial charge in [-0.2, -0.15) is 0 Å². The van der Waals surface area contributed by atoms with E-state index in [1.165, 1.54) is 16.7 Å². The molecule has 0 unspecified atom stereocenters. The molecule has 0 aromatic heterocycles. The van der Waals surface area contributed by atoms with Gasteiger partial charge in [-0.05, 0) is 48.7 Å². The van der Waals surface area contributed by atoms with Crippen LogP contribution in [0, 0.1) is 0 Å². The number of hydrogen-bond donors (Lipinski definition) is 0. The smallest absolute Gasteiger partial charge is 0.0175 e. The minimum Gasteiger partial charge on any atom is -1.00 e. The lowest BCUT2D eigenvalue weighted by Gasteiger charge is -2.27. The van der Waals surface area contributed by atoms with Crippen molar-refractivity contribution in [3.05, 3.63) is 75.8 Å². The van der Waals surface area contributed by atoms with Gasteiger partial charge in [-0.25, -0.2) is 0 Å². The average Bonchev–Trinajstić information content (AvgIpc) is 2.52. The first-order valence-electron chi connectivity index (χ1n) is 7.46. The van der Waals surface area contributed by atoms with E-state index in [4.69, 9.17) is 0 Å². The number of hydrogen-bond acceptors (Lipinski definition) is 1. The summed E-state index contributed by atoms with van der Waals surface area (Å²) in [6.07, 6.45) is 2.33. The van der Waals surface area contributed by atoms with Crippen LogP contribution < -0.4 is 12.4 Å². The third-order valence-electron chi connectivity index (χ3n) is 4.14. The van der Waals surface area contributed by atoms with Gasteiger partial charge in [-0.15, -0.1) is 0 Å². The maximum absolute atomic E-state index is 3.53. The second-order valence-electron chi connectivity index (χ2n) is 5.65. The summed E-state index contributed by atoms with van der Waals surface area (Å²) in [5.74, 6) is 0. The number of halogens is 2. The lowest BCUT2D eigenvalue weighted by Crippen LogP contribution is -3.00. The van der Waals surface area contributed by atoms with Crippen molar-refractivity contribution in [2.45, 2.75) is 12.8 Å². The van der Waals surface area contributed by atoms with Crippen molar-refractivity contribution in [3.63, 3.8) is 0 Å². The van der Waals surface area contributed by atoms with E-state index in [0.29, 0.717) is 0 Å². The summed E-state index contributed by atoms with van der Waals surface area (Å²) in [7, 11) is 2.21. The Morgan fingerprint density at radius 3 is 2.00 bits per heavy atom. The van der Waals surface area contributed by atoms with Crippen molar-refractivity contribution in [3.8, 4) is 0 Å². The average molecular weight is 378 g/mol. The predicted molar refractivity (Wildman–Crippen MR) is 93.3 cm³/mol. The molecule has 1 fully saturated rings. The van der Waals surface area contributed by atoms with Crippen molar-refractivity contribution in [1.82, 2.24) is 4.90 Å². The van der Waals surface area contributed by atoms with E-state index in [1.807, 2.05) is 0 Å². The van der Waals surface area contributed by atoms with Gasteiger partial charge in [0.25, 0.3) is 0 Å². The molecule has 2 aromatic rings. The van der Waals surface area contributed by atoms with Crippen molar-refractivity contribution in [2.75, 3.05) is 20.1 Å². The SMILES string of the molecule is CN1CCC(=C(c2ccccc2)c2ccc(Br)cc2)CC1.[Cl-]. The Kier molecular flexibility index (Phi) is 6.25. The minimum atomic E-state index is 0. The van der Waals surface area contributed by atoms with E-state index in [-0.39, 0.29) is 12.4 Å².